The number of likely N-dealkylation sites (tertiary alicyclic amines) is 1. The second-order valence-electron chi connectivity index (χ2n) is 6.70. The molecule has 1 atom stereocenters. The number of hydrogen-bond acceptors (Lipinski definition) is 3. The second kappa shape index (κ2) is 7.47. The third-order valence-electron chi connectivity index (χ3n) is 5.03. The Kier molecular flexibility index (Phi) is 5.32. The van der Waals surface area contributed by atoms with Crippen molar-refractivity contribution in [3.63, 3.8) is 0 Å². The molecule has 2 aromatic rings. The number of carbonyl (C=O) groups is 1. The molecule has 5 nitrogen and oxygen atoms in total. The first-order chi connectivity index (χ1) is 12.0. The van der Waals surface area contributed by atoms with Gasteiger partial charge in [-0.25, -0.2) is 4.98 Å². The first-order valence-electron chi connectivity index (χ1n) is 8.71. The van der Waals surface area contributed by atoms with Gasteiger partial charge in [0.2, 0.25) is 5.91 Å². The smallest absolute Gasteiger partial charge is 0.320 e. The maximum Gasteiger partial charge on any atom is 0.320 e. The number of amides is 1. The van der Waals surface area contributed by atoms with Gasteiger partial charge in [-0.3, -0.25) is 14.3 Å². The predicted molar refractivity (Wildman–Crippen MR) is 92.4 cm³/mol. The molecular formula is C18H24F2N4O. The molecule has 1 fully saturated rings. The molecule has 1 aromatic heterocycles. The van der Waals surface area contributed by atoms with Crippen molar-refractivity contribution < 1.29 is 13.6 Å². The Labute approximate surface area is 146 Å². The van der Waals surface area contributed by atoms with E-state index in [0.29, 0.717) is 29.3 Å². The highest BCUT2D eigenvalue weighted by molar-refractivity contribution is 5.76. The summed E-state index contributed by atoms with van der Waals surface area (Å²) in [6, 6.07) is 6.84. The van der Waals surface area contributed by atoms with Crippen molar-refractivity contribution in [3.05, 3.63) is 30.1 Å². The SMILES string of the molecule is CC(=O)NCC1CCN(C(C)c2nc3ccccc3n2C(F)F)CC1. The Morgan fingerprint density at radius 2 is 2.00 bits per heavy atom. The largest absolute Gasteiger partial charge is 0.356 e. The first kappa shape index (κ1) is 17.8. The van der Waals surface area contributed by atoms with E-state index < -0.39 is 6.55 Å². The maximum atomic E-state index is 13.6. The van der Waals surface area contributed by atoms with Gasteiger partial charge >= 0.3 is 6.55 Å². The van der Waals surface area contributed by atoms with Crippen molar-refractivity contribution >= 4 is 16.9 Å². The summed E-state index contributed by atoms with van der Waals surface area (Å²) in [4.78, 5) is 17.7. The van der Waals surface area contributed by atoms with Crippen molar-refractivity contribution in [2.75, 3.05) is 19.6 Å². The predicted octanol–water partition coefficient (Wildman–Crippen LogP) is 3.34. The Morgan fingerprint density at radius 1 is 1.32 bits per heavy atom. The number of nitrogens with zero attached hydrogens (tertiary/aromatic N) is 3. The molecule has 1 aliphatic heterocycles. The van der Waals surface area contributed by atoms with E-state index in [1.165, 1.54) is 6.92 Å². The summed E-state index contributed by atoms with van der Waals surface area (Å²) in [7, 11) is 0. The van der Waals surface area contributed by atoms with Gasteiger partial charge in [0.1, 0.15) is 5.82 Å². The Bertz CT molecular complexity index is 738. The van der Waals surface area contributed by atoms with Gasteiger partial charge in [-0.05, 0) is 50.9 Å². The molecule has 0 saturated carbocycles. The minimum atomic E-state index is -2.61. The normalized spacial score (nSPS) is 18.0. The zero-order chi connectivity index (χ0) is 18.0. The number of alkyl halides is 2. The van der Waals surface area contributed by atoms with Crippen LogP contribution in [-0.4, -0.2) is 40.0 Å². The van der Waals surface area contributed by atoms with Crippen molar-refractivity contribution in [1.29, 1.82) is 0 Å². The molecule has 1 N–H and O–H groups in total. The van der Waals surface area contributed by atoms with Crippen LogP contribution in [0.1, 0.15) is 45.1 Å². The van der Waals surface area contributed by atoms with Crippen LogP contribution >= 0.6 is 0 Å². The number of rotatable bonds is 5. The Morgan fingerprint density at radius 3 is 2.64 bits per heavy atom. The van der Waals surface area contributed by atoms with Crippen molar-refractivity contribution in [1.82, 2.24) is 19.8 Å². The second-order valence-corrected chi connectivity index (χ2v) is 6.70. The highest BCUT2D eigenvalue weighted by atomic mass is 19.3. The van der Waals surface area contributed by atoms with E-state index in [1.54, 1.807) is 18.2 Å². The number of aromatic nitrogens is 2. The van der Waals surface area contributed by atoms with E-state index in [2.05, 4.69) is 15.2 Å². The minimum Gasteiger partial charge on any atom is -0.356 e. The molecule has 2 heterocycles. The van der Waals surface area contributed by atoms with E-state index in [-0.39, 0.29) is 11.9 Å². The summed E-state index contributed by atoms with van der Waals surface area (Å²) < 4.78 is 28.3. The molecule has 0 spiro atoms. The molecule has 0 radical (unpaired) electrons. The zero-order valence-corrected chi connectivity index (χ0v) is 14.6. The number of benzene rings is 1. The van der Waals surface area contributed by atoms with Crippen molar-refractivity contribution in [2.45, 2.75) is 39.3 Å². The average molecular weight is 350 g/mol. The standard InChI is InChI=1S/C18H24F2N4O/c1-12(23-9-7-14(8-10-23)11-21-13(2)25)17-22-15-5-3-4-6-16(15)24(17)18(19)20/h3-6,12,14,18H,7-11H2,1-2H3,(H,21,25). The molecule has 1 amide bonds. The first-order valence-corrected chi connectivity index (χ1v) is 8.71. The molecule has 1 aliphatic rings. The van der Waals surface area contributed by atoms with E-state index in [9.17, 15) is 13.6 Å². The summed E-state index contributed by atoms with van der Waals surface area (Å²) in [6.07, 6.45) is 1.89. The van der Waals surface area contributed by atoms with Gasteiger partial charge < -0.3 is 5.32 Å². The molecule has 136 valence electrons. The summed E-state index contributed by atoms with van der Waals surface area (Å²) in [5, 5.41) is 2.86. The summed E-state index contributed by atoms with van der Waals surface area (Å²) >= 11 is 0. The molecule has 1 unspecified atom stereocenters. The molecule has 25 heavy (non-hydrogen) atoms. The molecule has 1 saturated heterocycles. The fourth-order valence-corrected chi connectivity index (χ4v) is 3.56. The summed E-state index contributed by atoms with van der Waals surface area (Å²) in [5.74, 6) is 0.847. The number of hydrogen-bond donors (Lipinski definition) is 1. The lowest BCUT2D eigenvalue weighted by Crippen LogP contribution is -2.40. The van der Waals surface area contributed by atoms with Gasteiger partial charge in [0, 0.05) is 13.5 Å². The number of imidazole rings is 1. The van der Waals surface area contributed by atoms with Crippen molar-refractivity contribution in [2.24, 2.45) is 5.92 Å². The molecule has 0 aliphatic carbocycles. The zero-order valence-electron chi connectivity index (χ0n) is 14.6. The van der Waals surface area contributed by atoms with E-state index >= 15 is 0 Å². The quantitative estimate of drug-likeness (QED) is 0.900. The minimum absolute atomic E-state index is 0.0125. The molecule has 3 rings (SSSR count). The van der Waals surface area contributed by atoms with Crippen LogP contribution in [0.4, 0.5) is 8.78 Å². The van der Waals surface area contributed by atoms with Gasteiger partial charge in [-0.2, -0.15) is 8.78 Å². The molecule has 0 bridgehead atoms. The number of piperidine rings is 1. The number of halogens is 2. The Balaban J connectivity index is 1.74. The van der Waals surface area contributed by atoms with Gasteiger partial charge in [-0.15, -0.1) is 0 Å². The number of para-hydroxylation sites is 2. The van der Waals surface area contributed by atoms with Crippen LogP contribution in [0.2, 0.25) is 0 Å². The van der Waals surface area contributed by atoms with E-state index in [0.717, 1.165) is 30.5 Å². The number of nitrogens with one attached hydrogen (secondary N) is 1. The van der Waals surface area contributed by atoms with E-state index in [1.807, 2.05) is 13.0 Å². The highest BCUT2D eigenvalue weighted by Gasteiger charge is 2.28. The molecular weight excluding hydrogens is 326 g/mol. The van der Waals surface area contributed by atoms with Gasteiger partial charge in [0.25, 0.3) is 0 Å². The van der Waals surface area contributed by atoms with Gasteiger partial charge in [-0.1, -0.05) is 12.1 Å². The number of carbonyl (C=O) groups excluding carboxylic acids is 1. The average Bonchev–Trinajstić information content (AvgIpc) is 2.99. The lowest BCUT2D eigenvalue weighted by atomic mass is 9.95. The lowest BCUT2D eigenvalue weighted by molar-refractivity contribution is -0.119. The summed E-state index contributed by atoms with van der Waals surface area (Å²) in [6.45, 7) is 3.17. The lowest BCUT2D eigenvalue weighted by Gasteiger charge is -2.35. The van der Waals surface area contributed by atoms with Crippen LogP contribution in [0.3, 0.4) is 0 Å². The highest BCUT2D eigenvalue weighted by Crippen LogP contribution is 2.31. The van der Waals surface area contributed by atoms with Gasteiger partial charge in [0.05, 0.1) is 17.1 Å². The fourth-order valence-electron chi connectivity index (χ4n) is 3.56. The Hall–Kier alpha value is -2.02. The van der Waals surface area contributed by atoms with Gasteiger partial charge in [0.15, 0.2) is 0 Å². The maximum absolute atomic E-state index is 13.6. The van der Waals surface area contributed by atoms with Crippen LogP contribution in [0.15, 0.2) is 24.3 Å². The molecule has 1 aromatic carbocycles. The van der Waals surface area contributed by atoms with Crippen molar-refractivity contribution in [3.8, 4) is 0 Å². The molecule has 7 heteroatoms. The monoisotopic (exact) mass is 350 g/mol. The van der Waals surface area contributed by atoms with Crippen LogP contribution in [0.5, 0.6) is 0 Å². The number of fused-ring (bicyclic) bond motifs is 1. The van der Waals surface area contributed by atoms with Crippen LogP contribution < -0.4 is 5.32 Å². The fraction of sp³-hybridized carbons (Fsp3) is 0.556. The third-order valence-corrected chi connectivity index (χ3v) is 5.03. The van der Waals surface area contributed by atoms with E-state index in [4.69, 9.17) is 0 Å². The van der Waals surface area contributed by atoms with Crippen LogP contribution in [0, 0.1) is 5.92 Å². The van der Waals surface area contributed by atoms with Crippen LogP contribution in [0.25, 0.3) is 11.0 Å². The topological polar surface area (TPSA) is 50.2 Å². The third kappa shape index (κ3) is 3.81. The summed E-state index contributed by atoms with van der Waals surface area (Å²) in [5.41, 5.74) is 1.07. The van der Waals surface area contributed by atoms with Crippen LogP contribution in [-0.2, 0) is 4.79 Å².